The quantitative estimate of drug-likeness (QED) is 0.0690. The van der Waals surface area contributed by atoms with Crippen molar-refractivity contribution in [3.63, 3.8) is 0 Å². The van der Waals surface area contributed by atoms with Crippen LogP contribution in [0.1, 0.15) is 226 Å². The van der Waals surface area contributed by atoms with Crippen molar-refractivity contribution < 1.29 is 0 Å². The van der Waals surface area contributed by atoms with Gasteiger partial charge >= 0.3 is 0 Å². The Morgan fingerprint density at radius 3 is 0.833 bits per heavy atom. The summed E-state index contributed by atoms with van der Waals surface area (Å²) in [6.07, 6.45) is 51.4. The van der Waals surface area contributed by atoms with Crippen LogP contribution in [0.3, 0.4) is 0 Å². The summed E-state index contributed by atoms with van der Waals surface area (Å²) in [6, 6.07) is 0. The molecule has 1 unspecified atom stereocenters. The maximum atomic E-state index is 2.71. The molecule has 0 saturated heterocycles. The molecule has 1 rings (SSSR count). The van der Waals surface area contributed by atoms with Crippen molar-refractivity contribution in [3.8, 4) is 0 Å². The summed E-state index contributed by atoms with van der Waals surface area (Å²) < 4.78 is 0. The first-order valence-electron chi connectivity index (χ1n) is 20.0. The van der Waals surface area contributed by atoms with Gasteiger partial charge in [-0.2, -0.15) is 0 Å². The van der Waals surface area contributed by atoms with Crippen molar-refractivity contribution in [1.82, 2.24) is 9.80 Å². The second-order valence-corrected chi connectivity index (χ2v) is 13.9. The summed E-state index contributed by atoms with van der Waals surface area (Å²) in [5, 5.41) is 0. The molecule has 250 valence electrons. The highest BCUT2D eigenvalue weighted by molar-refractivity contribution is 4.97. The molecule has 0 fully saturated rings. The van der Waals surface area contributed by atoms with Gasteiger partial charge in [0.05, 0.1) is 0 Å². The molecule has 0 bridgehead atoms. The van der Waals surface area contributed by atoms with E-state index in [1.54, 1.807) is 0 Å². The summed E-state index contributed by atoms with van der Waals surface area (Å²) in [7, 11) is 0. The lowest BCUT2D eigenvalue weighted by molar-refractivity contribution is 0.135. The highest BCUT2D eigenvalue weighted by atomic mass is 15.4. The van der Waals surface area contributed by atoms with Crippen molar-refractivity contribution in [2.45, 2.75) is 232 Å². The largest absolute Gasteiger partial charge is 0.356 e. The van der Waals surface area contributed by atoms with E-state index in [-0.39, 0.29) is 0 Å². The predicted molar refractivity (Wildman–Crippen MR) is 191 cm³/mol. The van der Waals surface area contributed by atoms with Crippen molar-refractivity contribution >= 4 is 0 Å². The van der Waals surface area contributed by atoms with Gasteiger partial charge in [-0.25, -0.2) is 0 Å². The van der Waals surface area contributed by atoms with Crippen LogP contribution < -0.4 is 0 Å². The van der Waals surface area contributed by atoms with E-state index in [9.17, 15) is 0 Å². The molecule has 2 nitrogen and oxygen atoms in total. The van der Waals surface area contributed by atoms with Crippen LogP contribution in [0, 0.1) is 0 Å². The van der Waals surface area contributed by atoms with E-state index in [0.717, 1.165) is 0 Å². The Hall–Kier alpha value is -0.660. The molecule has 42 heavy (non-hydrogen) atoms. The van der Waals surface area contributed by atoms with Crippen LogP contribution in [0.4, 0.5) is 0 Å². The van der Waals surface area contributed by atoms with Crippen LogP contribution in [0.5, 0.6) is 0 Å². The fourth-order valence-electron chi connectivity index (χ4n) is 6.89. The first kappa shape index (κ1) is 39.4. The number of hydrogen-bond donors (Lipinski definition) is 0. The predicted octanol–water partition coefficient (Wildman–Crippen LogP) is 13.9. The molecule has 2 heteroatoms. The molecule has 1 aliphatic rings. The molecular weight excluding hydrogens is 508 g/mol. The zero-order valence-corrected chi connectivity index (χ0v) is 29.7. The van der Waals surface area contributed by atoms with Gasteiger partial charge in [-0.3, -0.25) is 0 Å². The number of hydrogen-bond acceptors (Lipinski definition) is 2. The number of unbranched alkanes of at least 4 members (excludes halogenated alkanes) is 28. The van der Waals surface area contributed by atoms with Gasteiger partial charge < -0.3 is 9.80 Å². The normalized spacial score (nSPS) is 15.0. The van der Waals surface area contributed by atoms with Crippen LogP contribution >= 0.6 is 0 Å². The van der Waals surface area contributed by atoms with Crippen LogP contribution in [0.25, 0.3) is 0 Å². The van der Waals surface area contributed by atoms with Crippen molar-refractivity contribution in [1.29, 1.82) is 0 Å². The molecule has 0 saturated carbocycles. The fraction of sp³-hybridized carbons (Fsp3) is 0.950. The second kappa shape index (κ2) is 31.8. The molecule has 1 atom stereocenters. The smallest absolute Gasteiger partial charge is 0.101 e. The fourth-order valence-corrected chi connectivity index (χ4v) is 6.89. The Morgan fingerprint density at radius 1 is 0.310 bits per heavy atom. The Labute approximate surface area is 267 Å². The van der Waals surface area contributed by atoms with Gasteiger partial charge in [0.2, 0.25) is 0 Å². The zero-order valence-electron chi connectivity index (χ0n) is 29.7. The van der Waals surface area contributed by atoms with Gasteiger partial charge in [-0.1, -0.05) is 201 Å². The molecular formula is C40H80N2. The van der Waals surface area contributed by atoms with Gasteiger partial charge in [0, 0.05) is 25.5 Å². The first-order chi connectivity index (χ1) is 20.8. The second-order valence-electron chi connectivity index (χ2n) is 13.9. The van der Waals surface area contributed by atoms with Crippen LogP contribution in [0.2, 0.25) is 0 Å². The molecule has 0 aromatic rings. The van der Waals surface area contributed by atoms with E-state index < -0.39 is 0 Å². The standard InChI is InChI=1S/C40H80N2/c1-4-7-10-13-15-17-18-19-20-21-22-23-24-25-27-29-32-35-40-41(36-33-30-12-9-6-3)38-39-42(40)37-34-31-28-26-16-14-11-8-5-2/h38-40H,4-37H2,1-3H3. The topological polar surface area (TPSA) is 6.48 Å². The van der Waals surface area contributed by atoms with Gasteiger partial charge in [0.1, 0.15) is 6.17 Å². The van der Waals surface area contributed by atoms with Gasteiger partial charge in [-0.15, -0.1) is 0 Å². The third-order valence-electron chi connectivity index (χ3n) is 9.82. The Bertz CT molecular complexity index is 544. The van der Waals surface area contributed by atoms with Crippen molar-refractivity contribution in [2.24, 2.45) is 0 Å². The third kappa shape index (κ3) is 23.8. The molecule has 0 amide bonds. The van der Waals surface area contributed by atoms with E-state index in [4.69, 9.17) is 0 Å². The highest BCUT2D eigenvalue weighted by Gasteiger charge is 2.24. The Balaban J connectivity index is 2.11. The van der Waals surface area contributed by atoms with Gasteiger partial charge in [0.15, 0.2) is 0 Å². The molecule has 0 radical (unpaired) electrons. The Morgan fingerprint density at radius 2 is 0.548 bits per heavy atom. The minimum absolute atomic E-state index is 0.640. The van der Waals surface area contributed by atoms with Crippen molar-refractivity contribution in [2.75, 3.05) is 13.1 Å². The first-order valence-corrected chi connectivity index (χ1v) is 20.0. The molecule has 0 aromatic heterocycles. The zero-order chi connectivity index (χ0) is 30.2. The van der Waals surface area contributed by atoms with Crippen LogP contribution in [0.15, 0.2) is 12.4 Å². The lowest BCUT2D eigenvalue weighted by Gasteiger charge is -2.33. The summed E-state index contributed by atoms with van der Waals surface area (Å²) in [4.78, 5) is 5.41. The monoisotopic (exact) mass is 589 g/mol. The van der Waals surface area contributed by atoms with Gasteiger partial charge in [0.25, 0.3) is 0 Å². The van der Waals surface area contributed by atoms with Crippen LogP contribution in [-0.4, -0.2) is 29.1 Å². The lowest BCUT2D eigenvalue weighted by atomic mass is 10.0. The van der Waals surface area contributed by atoms with E-state index in [0.29, 0.717) is 6.17 Å². The maximum Gasteiger partial charge on any atom is 0.101 e. The SMILES string of the molecule is CCCCCCCCCCCCCCCCCCCC1N(CCCCCCC)C=CN1CCCCCCCCCCC. The minimum Gasteiger partial charge on any atom is -0.356 e. The summed E-state index contributed by atoms with van der Waals surface area (Å²) >= 11 is 0. The van der Waals surface area contributed by atoms with E-state index >= 15 is 0 Å². The molecule has 0 aromatic carbocycles. The number of rotatable bonds is 34. The average Bonchev–Trinajstić information content (AvgIpc) is 3.38. The van der Waals surface area contributed by atoms with E-state index in [2.05, 4.69) is 43.0 Å². The van der Waals surface area contributed by atoms with Gasteiger partial charge in [-0.05, 0) is 25.7 Å². The van der Waals surface area contributed by atoms with Crippen LogP contribution in [-0.2, 0) is 0 Å². The molecule has 0 N–H and O–H groups in total. The maximum absolute atomic E-state index is 2.71. The van der Waals surface area contributed by atoms with E-state index in [1.165, 1.54) is 219 Å². The van der Waals surface area contributed by atoms with Crippen molar-refractivity contribution in [3.05, 3.63) is 12.4 Å². The van der Waals surface area contributed by atoms with E-state index in [1.807, 2.05) is 0 Å². The average molecular weight is 589 g/mol. The number of nitrogens with zero attached hydrogens (tertiary/aromatic N) is 2. The minimum atomic E-state index is 0.640. The lowest BCUT2D eigenvalue weighted by Crippen LogP contribution is -2.39. The summed E-state index contributed by atoms with van der Waals surface area (Å²) in [5.41, 5.74) is 0. The molecule has 0 spiro atoms. The molecule has 1 heterocycles. The Kier molecular flexibility index (Phi) is 29.8. The molecule has 1 aliphatic heterocycles. The third-order valence-corrected chi connectivity index (χ3v) is 9.82. The summed E-state index contributed by atoms with van der Waals surface area (Å²) in [5.74, 6) is 0. The molecule has 0 aliphatic carbocycles. The summed E-state index contributed by atoms with van der Waals surface area (Å²) in [6.45, 7) is 9.48. The highest BCUT2D eigenvalue weighted by Crippen LogP contribution is 2.24.